The smallest absolute Gasteiger partial charge is 0.283 e. The third kappa shape index (κ3) is 4.22. The molecule has 4 rings (SSSR count). The van der Waals surface area contributed by atoms with Gasteiger partial charge >= 0.3 is 0 Å². The number of hydrogen-bond donors (Lipinski definition) is 1. The molecular formula is C21H18N4O3S2. The standard InChI is InChI=1S/C21H18N4O3S2/c1-2-28-17-11-14(8-9-16(17)26)10-15-18(22)25-20(23-19(15)27)30-21(24-25)29-12-13-6-4-3-5-7-13/h3-11H,2,12,22H2,1H3/b14-10-. The lowest BCUT2D eigenvalue weighted by molar-refractivity contribution is -0.114. The monoisotopic (exact) mass is 438 g/mol. The lowest BCUT2D eigenvalue weighted by atomic mass is 10.0. The van der Waals surface area contributed by atoms with Crippen LogP contribution in [-0.2, 0) is 15.3 Å². The predicted octanol–water partition coefficient (Wildman–Crippen LogP) is 3.47. The minimum absolute atomic E-state index is 0.206. The van der Waals surface area contributed by atoms with Gasteiger partial charge in [-0.2, -0.15) is 9.50 Å². The molecule has 2 heterocycles. The minimum Gasteiger partial charge on any atom is -0.490 e. The number of hydrogen-bond acceptors (Lipinski definition) is 8. The van der Waals surface area contributed by atoms with Crippen LogP contribution >= 0.6 is 23.1 Å². The van der Waals surface area contributed by atoms with E-state index in [4.69, 9.17) is 10.5 Å². The average Bonchev–Trinajstić information content (AvgIpc) is 3.16. The van der Waals surface area contributed by atoms with Crippen LogP contribution in [0.3, 0.4) is 0 Å². The molecule has 0 aliphatic heterocycles. The molecule has 1 aliphatic rings. The van der Waals surface area contributed by atoms with Crippen molar-refractivity contribution in [2.45, 2.75) is 17.0 Å². The van der Waals surface area contributed by atoms with Gasteiger partial charge in [0.05, 0.1) is 12.2 Å². The maximum absolute atomic E-state index is 12.6. The summed E-state index contributed by atoms with van der Waals surface area (Å²) in [6.07, 6.45) is 6.19. The van der Waals surface area contributed by atoms with Gasteiger partial charge < -0.3 is 10.5 Å². The molecule has 0 amide bonds. The van der Waals surface area contributed by atoms with Gasteiger partial charge in [-0.1, -0.05) is 59.5 Å². The molecule has 1 aliphatic carbocycles. The zero-order chi connectivity index (χ0) is 21.1. The van der Waals surface area contributed by atoms with Crippen molar-refractivity contribution in [2.24, 2.45) is 0 Å². The Balaban J connectivity index is 1.66. The van der Waals surface area contributed by atoms with Crippen molar-refractivity contribution in [1.29, 1.82) is 0 Å². The maximum Gasteiger partial charge on any atom is 0.283 e. The summed E-state index contributed by atoms with van der Waals surface area (Å²) < 4.78 is 7.59. The second-order valence-electron chi connectivity index (χ2n) is 6.34. The first kappa shape index (κ1) is 20.1. The number of nitrogens with two attached hydrogens (primary N) is 1. The highest BCUT2D eigenvalue weighted by Gasteiger charge is 2.16. The number of benzene rings is 1. The molecule has 30 heavy (non-hydrogen) atoms. The summed E-state index contributed by atoms with van der Waals surface area (Å²) in [6.45, 7) is 2.17. The zero-order valence-electron chi connectivity index (χ0n) is 16.1. The molecule has 0 atom stereocenters. The number of ether oxygens (including phenoxy) is 1. The molecule has 9 heteroatoms. The highest BCUT2D eigenvalue weighted by Crippen LogP contribution is 2.28. The Morgan fingerprint density at radius 1 is 1.23 bits per heavy atom. The molecule has 0 radical (unpaired) electrons. The van der Waals surface area contributed by atoms with Gasteiger partial charge in [0.25, 0.3) is 5.56 Å². The number of ketones is 1. The lowest BCUT2D eigenvalue weighted by Gasteiger charge is -2.10. The molecule has 2 N–H and O–H groups in total. The fourth-order valence-electron chi connectivity index (χ4n) is 2.83. The van der Waals surface area contributed by atoms with E-state index in [1.165, 1.54) is 27.5 Å². The number of nitrogens with zero attached hydrogens (tertiary/aromatic N) is 3. The number of aromatic nitrogens is 3. The normalized spacial score (nSPS) is 15.0. The van der Waals surface area contributed by atoms with Gasteiger partial charge in [-0.15, -0.1) is 5.10 Å². The molecule has 0 unspecified atom stereocenters. The SMILES string of the molecule is CCOC1=C/C(=C\c2c(N)n3nc(SCc4ccccc4)sc3nc2=O)C=CC1=O. The van der Waals surface area contributed by atoms with Crippen molar-refractivity contribution >= 4 is 45.7 Å². The highest BCUT2D eigenvalue weighted by atomic mass is 32.2. The fraction of sp³-hybridized carbons (Fsp3) is 0.143. The van der Waals surface area contributed by atoms with Crippen molar-refractivity contribution in [3.63, 3.8) is 0 Å². The Labute approximate surface area is 180 Å². The van der Waals surface area contributed by atoms with E-state index < -0.39 is 5.56 Å². The van der Waals surface area contributed by atoms with Crippen LogP contribution in [0.15, 0.2) is 69.0 Å². The van der Waals surface area contributed by atoms with Crippen molar-refractivity contribution in [1.82, 2.24) is 14.6 Å². The Morgan fingerprint density at radius 2 is 2.03 bits per heavy atom. The van der Waals surface area contributed by atoms with Crippen LogP contribution in [0.2, 0.25) is 0 Å². The van der Waals surface area contributed by atoms with E-state index in [-0.39, 0.29) is 22.9 Å². The summed E-state index contributed by atoms with van der Waals surface area (Å²) in [7, 11) is 0. The van der Waals surface area contributed by atoms with E-state index in [2.05, 4.69) is 10.1 Å². The number of allylic oxidation sites excluding steroid dienone is 4. The molecule has 1 aromatic carbocycles. The second kappa shape index (κ2) is 8.68. The third-order valence-electron chi connectivity index (χ3n) is 4.26. The van der Waals surface area contributed by atoms with Crippen molar-refractivity contribution in [2.75, 3.05) is 12.3 Å². The first-order valence-corrected chi connectivity index (χ1v) is 11.0. The zero-order valence-corrected chi connectivity index (χ0v) is 17.7. The van der Waals surface area contributed by atoms with Crippen molar-refractivity contribution in [3.8, 4) is 0 Å². The molecule has 2 aromatic heterocycles. The molecule has 0 bridgehead atoms. The number of thioether (sulfide) groups is 1. The van der Waals surface area contributed by atoms with Gasteiger partial charge in [0.2, 0.25) is 10.7 Å². The first-order valence-electron chi connectivity index (χ1n) is 9.20. The van der Waals surface area contributed by atoms with Crippen LogP contribution in [0.25, 0.3) is 11.0 Å². The van der Waals surface area contributed by atoms with Gasteiger partial charge in [-0.05, 0) is 36.3 Å². The molecule has 0 saturated carbocycles. The van der Waals surface area contributed by atoms with Crippen LogP contribution in [0, 0.1) is 0 Å². The summed E-state index contributed by atoms with van der Waals surface area (Å²) in [5, 5.41) is 4.51. The fourth-order valence-corrected chi connectivity index (χ4v) is 4.72. The van der Waals surface area contributed by atoms with Crippen LogP contribution in [0.1, 0.15) is 18.1 Å². The summed E-state index contributed by atoms with van der Waals surface area (Å²) in [5.74, 6) is 0.975. The molecule has 152 valence electrons. The Bertz CT molecular complexity index is 1260. The first-order chi connectivity index (χ1) is 14.5. The predicted molar refractivity (Wildman–Crippen MR) is 119 cm³/mol. The quantitative estimate of drug-likeness (QED) is 0.588. The third-order valence-corrected chi connectivity index (χ3v) is 6.37. The van der Waals surface area contributed by atoms with E-state index in [1.807, 2.05) is 30.3 Å². The van der Waals surface area contributed by atoms with Crippen LogP contribution in [0.5, 0.6) is 0 Å². The van der Waals surface area contributed by atoms with Crippen LogP contribution < -0.4 is 11.3 Å². The van der Waals surface area contributed by atoms with Gasteiger partial charge in [0.15, 0.2) is 10.1 Å². The van der Waals surface area contributed by atoms with E-state index in [0.717, 1.165) is 10.1 Å². The van der Waals surface area contributed by atoms with Gasteiger partial charge in [0, 0.05) is 5.75 Å². The van der Waals surface area contributed by atoms with E-state index in [9.17, 15) is 9.59 Å². The molecule has 7 nitrogen and oxygen atoms in total. The number of rotatable bonds is 6. The number of carbonyl (C=O) groups excluding carboxylic acids is 1. The summed E-state index contributed by atoms with van der Waals surface area (Å²) in [5.41, 5.74) is 7.83. The average molecular weight is 439 g/mol. The minimum atomic E-state index is -0.445. The topological polar surface area (TPSA) is 99.6 Å². The van der Waals surface area contributed by atoms with Crippen molar-refractivity contribution < 1.29 is 9.53 Å². The molecule has 0 fully saturated rings. The van der Waals surface area contributed by atoms with E-state index in [0.29, 0.717) is 17.1 Å². The summed E-state index contributed by atoms with van der Waals surface area (Å²) in [6, 6.07) is 10.1. The Hall–Kier alpha value is -3.17. The van der Waals surface area contributed by atoms with Gasteiger partial charge in [0.1, 0.15) is 5.82 Å². The van der Waals surface area contributed by atoms with Crippen LogP contribution in [-0.4, -0.2) is 27.0 Å². The summed E-state index contributed by atoms with van der Waals surface area (Å²) >= 11 is 2.88. The van der Waals surface area contributed by atoms with Gasteiger partial charge in [-0.25, -0.2) is 0 Å². The van der Waals surface area contributed by atoms with E-state index >= 15 is 0 Å². The largest absolute Gasteiger partial charge is 0.490 e. The molecule has 3 aromatic rings. The maximum atomic E-state index is 12.6. The van der Waals surface area contributed by atoms with Crippen LogP contribution in [0.4, 0.5) is 5.82 Å². The molecule has 0 spiro atoms. The Morgan fingerprint density at radius 3 is 2.80 bits per heavy atom. The van der Waals surface area contributed by atoms with E-state index in [1.54, 1.807) is 36.9 Å². The number of anilines is 1. The summed E-state index contributed by atoms with van der Waals surface area (Å²) in [4.78, 5) is 29.0. The number of nitrogen functional groups attached to an aromatic ring is 1. The van der Waals surface area contributed by atoms with Gasteiger partial charge in [-0.3, -0.25) is 9.59 Å². The number of carbonyl (C=O) groups is 1. The highest BCUT2D eigenvalue weighted by molar-refractivity contribution is 8.00. The Kier molecular flexibility index (Phi) is 5.82. The molecule has 0 saturated heterocycles. The van der Waals surface area contributed by atoms with Crippen molar-refractivity contribution in [3.05, 3.63) is 81.4 Å². The number of fused-ring (bicyclic) bond motifs is 1. The second-order valence-corrected chi connectivity index (χ2v) is 8.51. The lowest BCUT2D eigenvalue weighted by Crippen LogP contribution is -2.17. The molecular weight excluding hydrogens is 420 g/mol.